The standard InChI is InChI=1S/C13H9ClN4O2S/c14-9-4-2-1-3-8(9)12-17-11(20-18-12)5-15-13(19)10-6-21-7-16-10/h1-4,6-7H,5H2,(H,15,19). The number of rotatable bonds is 4. The van der Waals surface area contributed by atoms with Gasteiger partial charge in [0.25, 0.3) is 5.91 Å². The number of hydrogen-bond donors (Lipinski definition) is 1. The van der Waals surface area contributed by atoms with E-state index in [4.69, 9.17) is 16.1 Å². The van der Waals surface area contributed by atoms with Crippen LogP contribution in [-0.4, -0.2) is 21.0 Å². The molecule has 0 saturated heterocycles. The molecule has 1 amide bonds. The molecule has 0 spiro atoms. The number of carbonyl (C=O) groups is 1. The zero-order valence-electron chi connectivity index (χ0n) is 10.6. The van der Waals surface area contributed by atoms with Crippen LogP contribution in [0.1, 0.15) is 16.4 Å². The number of benzene rings is 1. The molecule has 2 heterocycles. The molecule has 0 aliphatic carbocycles. The normalized spacial score (nSPS) is 10.5. The van der Waals surface area contributed by atoms with Crippen molar-refractivity contribution in [2.75, 3.05) is 0 Å². The lowest BCUT2D eigenvalue weighted by atomic mass is 10.2. The van der Waals surface area contributed by atoms with Crippen LogP contribution in [0.2, 0.25) is 5.02 Å². The van der Waals surface area contributed by atoms with Gasteiger partial charge in [0.1, 0.15) is 5.69 Å². The van der Waals surface area contributed by atoms with Crippen LogP contribution in [0.4, 0.5) is 0 Å². The van der Waals surface area contributed by atoms with Crippen molar-refractivity contribution in [1.29, 1.82) is 0 Å². The Morgan fingerprint density at radius 1 is 1.38 bits per heavy atom. The summed E-state index contributed by atoms with van der Waals surface area (Å²) in [5, 5.41) is 8.71. The van der Waals surface area contributed by atoms with Crippen LogP contribution in [-0.2, 0) is 6.54 Å². The van der Waals surface area contributed by atoms with Gasteiger partial charge >= 0.3 is 0 Å². The molecule has 0 radical (unpaired) electrons. The molecule has 0 unspecified atom stereocenters. The van der Waals surface area contributed by atoms with Crippen molar-refractivity contribution in [2.45, 2.75) is 6.54 Å². The lowest BCUT2D eigenvalue weighted by molar-refractivity contribution is 0.0942. The fraction of sp³-hybridized carbons (Fsp3) is 0.0769. The summed E-state index contributed by atoms with van der Waals surface area (Å²) in [5.41, 5.74) is 2.64. The van der Waals surface area contributed by atoms with Gasteiger partial charge in [-0.2, -0.15) is 4.98 Å². The van der Waals surface area contributed by atoms with E-state index in [9.17, 15) is 4.79 Å². The van der Waals surface area contributed by atoms with E-state index >= 15 is 0 Å². The molecule has 21 heavy (non-hydrogen) atoms. The Bertz CT molecular complexity index is 757. The third-order valence-electron chi connectivity index (χ3n) is 2.65. The molecule has 3 rings (SSSR count). The van der Waals surface area contributed by atoms with Gasteiger partial charge in [-0.05, 0) is 12.1 Å². The molecule has 6 nitrogen and oxygen atoms in total. The Morgan fingerprint density at radius 2 is 2.24 bits per heavy atom. The minimum absolute atomic E-state index is 0.133. The van der Waals surface area contributed by atoms with Crippen LogP contribution in [0.5, 0.6) is 0 Å². The highest BCUT2D eigenvalue weighted by Crippen LogP contribution is 2.24. The lowest BCUT2D eigenvalue weighted by Gasteiger charge is -1.98. The fourth-order valence-corrected chi connectivity index (χ4v) is 2.40. The maximum absolute atomic E-state index is 11.7. The van der Waals surface area contributed by atoms with Crippen molar-refractivity contribution in [1.82, 2.24) is 20.4 Å². The number of aromatic nitrogens is 3. The Kier molecular flexibility index (Phi) is 3.94. The quantitative estimate of drug-likeness (QED) is 0.799. The Morgan fingerprint density at radius 3 is 3.00 bits per heavy atom. The molecule has 0 aliphatic heterocycles. The summed E-state index contributed by atoms with van der Waals surface area (Å²) < 4.78 is 5.09. The van der Waals surface area contributed by atoms with E-state index in [1.807, 2.05) is 12.1 Å². The van der Waals surface area contributed by atoms with Crippen molar-refractivity contribution in [3.8, 4) is 11.4 Å². The minimum atomic E-state index is -0.284. The molecule has 1 N–H and O–H groups in total. The molecule has 0 atom stereocenters. The van der Waals surface area contributed by atoms with Gasteiger partial charge in [-0.25, -0.2) is 4.98 Å². The summed E-state index contributed by atoms with van der Waals surface area (Å²) >= 11 is 7.42. The fourth-order valence-electron chi connectivity index (χ4n) is 1.65. The summed E-state index contributed by atoms with van der Waals surface area (Å²) in [4.78, 5) is 19.8. The highest BCUT2D eigenvalue weighted by molar-refractivity contribution is 7.07. The Balaban J connectivity index is 1.69. The largest absolute Gasteiger partial charge is 0.342 e. The average Bonchev–Trinajstić information content (AvgIpc) is 3.17. The molecule has 2 aromatic heterocycles. The smallest absolute Gasteiger partial charge is 0.271 e. The van der Waals surface area contributed by atoms with Crippen molar-refractivity contribution in [3.05, 3.63) is 51.8 Å². The SMILES string of the molecule is O=C(NCc1nc(-c2ccccc2Cl)no1)c1cscn1. The van der Waals surface area contributed by atoms with E-state index in [-0.39, 0.29) is 12.5 Å². The molecule has 1 aromatic carbocycles. The van der Waals surface area contributed by atoms with Gasteiger partial charge in [0.2, 0.25) is 11.7 Å². The van der Waals surface area contributed by atoms with Crippen molar-refractivity contribution >= 4 is 28.8 Å². The zero-order valence-corrected chi connectivity index (χ0v) is 12.2. The molecule has 3 aromatic rings. The topological polar surface area (TPSA) is 80.9 Å². The van der Waals surface area contributed by atoms with Crippen LogP contribution in [0.25, 0.3) is 11.4 Å². The molecule has 8 heteroatoms. The second-order valence-corrected chi connectivity index (χ2v) is 5.17. The minimum Gasteiger partial charge on any atom is -0.342 e. The van der Waals surface area contributed by atoms with Gasteiger partial charge < -0.3 is 9.84 Å². The second kappa shape index (κ2) is 6.02. The molecule has 0 fully saturated rings. The summed E-state index contributed by atoms with van der Waals surface area (Å²) in [6.07, 6.45) is 0. The van der Waals surface area contributed by atoms with E-state index in [2.05, 4.69) is 20.4 Å². The predicted octanol–water partition coefficient (Wildman–Crippen LogP) is 2.78. The summed E-state index contributed by atoms with van der Waals surface area (Å²) in [6.45, 7) is 0.133. The van der Waals surface area contributed by atoms with Gasteiger partial charge in [0.15, 0.2) is 0 Å². The number of nitrogens with one attached hydrogen (secondary N) is 1. The summed E-state index contributed by atoms with van der Waals surface area (Å²) in [6, 6.07) is 7.20. The summed E-state index contributed by atoms with van der Waals surface area (Å²) in [5.74, 6) is 0.403. The van der Waals surface area contributed by atoms with Crippen LogP contribution in [0, 0.1) is 0 Å². The Labute approximate surface area is 128 Å². The third kappa shape index (κ3) is 3.09. The van der Waals surface area contributed by atoms with Crippen molar-refractivity contribution in [3.63, 3.8) is 0 Å². The van der Waals surface area contributed by atoms with Crippen molar-refractivity contribution in [2.24, 2.45) is 0 Å². The number of amides is 1. The molecule has 0 aliphatic rings. The number of nitrogens with zero attached hydrogens (tertiary/aromatic N) is 3. The zero-order chi connectivity index (χ0) is 14.7. The molecular formula is C13H9ClN4O2S. The van der Waals surface area contributed by atoms with Crippen LogP contribution < -0.4 is 5.32 Å². The Hall–Kier alpha value is -2.25. The van der Waals surface area contributed by atoms with Gasteiger partial charge in [0, 0.05) is 10.9 Å². The van der Waals surface area contributed by atoms with Gasteiger partial charge in [-0.15, -0.1) is 11.3 Å². The van der Waals surface area contributed by atoms with E-state index in [0.29, 0.717) is 28.0 Å². The predicted molar refractivity (Wildman–Crippen MR) is 78.0 cm³/mol. The van der Waals surface area contributed by atoms with E-state index in [0.717, 1.165) is 0 Å². The van der Waals surface area contributed by atoms with E-state index in [1.54, 1.807) is 23.0 Å². The van der Waals surface area contributed by atoms with Crippen molar-refractivity contribution < 1.29 is 9.32 Å². The number of hydrogen-bond acceptors (Lipinski definition) is 6. The summed E-state index contributed by atoms with van der Waals surface area (Å²) in [7, 11) is 0. The molecular weight excluding hydrogens is 312 g/mol. The number of halogens is 1. The van der Waals surface area contributed by atoms with Gasteiger partial charge in [0.05, 0.1) is 17.1 Å². The first-order valence-corrected chi connectivity index (χ1v) is 7.30. The lowest BCUT2D eigenvalue weighted by Crippen LogP contribution is -2.23. The number of carbonyl (C=O) groups excluding carboxylic acids is 1. The first-order chi connectivity index (χ1) is 10.2. The highest BCUT2D eigenvalue weighted by Gasteiger charge is 2.13. The third-order valence-corrected chi connectivity index (χ3v) is 3.56. The second-order valence-electron chi connectivity index (χ2n) is 4.05. The first-order valence-electron chi connectivity index (χ1n) is 5.98. The highest BCUT2D eigenvalue weighted by atomic mass is 35.5. The van der Waals surface area contributed by atoms with Crippen LogP contribution >= 0.6 is 22.9 Å². The maximum atomic E-state index is 11.7. The van der Waals surface area contributed by atoms with Crippen LogP contribution in [0.3, 0.4) is 0 Å². The molecule has 0 bridgehead atoms. The number of thiazole rings is 1. The van der Waals surface area contributed by atoms with E-state index in [1.165, 1.54) is 11.3 Å². The first kappa shape index (κ1) is 13.7. The van der Waals surface area contributed by atoms with E-state index < -0.39 is 0 Å². The average molecular weight is 321 g/mol. The van der Waals surface area contributed by atoms with Crippen LogP contribution in [0.15, 0.2) is 39.7 Å². The monoisotopic (exact) mass is 320 g/mol. The maximum Gasteiger partial charge on any atom is 0.271 e. The molecule has 106 valence electrons. The van der Waals surface area contributed by atoms with Gasteiger partial charge in [-0.1, -0.05) is 28.9 Å². The van der Waals surface area contributed by atoms with Gasteiger partial charge in [-0.3, -0.25) is 4.79 Å². The molecule has 0 saturated carbocycles.